The van der Waals surface area contributed by atoms with Gasteiger partial charge in [0, 0.05) is 35.9 Å². The van der Waals surface area contributed by atoms with Crippen LogP contribution in [0.1, 0.15) is 70.4 Å². The SMILES string of the molecule is C[C@@H]1c2ccccc2CCN1C(=O)c1cc(C2(C)CC2)n2nc(-c3ccc(-n4cc(C(=O)O)cn4)cc3F)cc2n1. The van der Waals surface area contributed by atoms with E-state index >= 15 is 4.39 Å². The molecule has 2 aliphatic rings. The zero-order valence-corrected chi connectivity index (χ0v) is 22.6. The molecule has 3 aromatic heterocycles. The van der Waals surface area contributed by atoms with Crippen LogP contribution in [0.15, 0.2) is 67.0 Å². The molecule has 0 spiro atoms. The van der Waals surface area contributed by atoms with Crippen LogP contribution < -0.4 is 0 Å². The molecule has 1 amide bonds. The number of fused-ring (bicyclic) bond motifs is 2. The first-order valence-electron chi connectivity index (χ1n) is 13.6. The molecule has 1 aliphatic heterocycles. The summed E-state index contributed by atoms with van der Waals surface area (Å²) in [5, 5.41) is 17.9. The lowest BCUT2D eigenvalue weighted by Crippen LogP contribution is -2.39. The molecule has 7 rings (SSSR count). The van der Waals surface area contributed by atoms with Gasteiger partial charge in [-0.1, -0.05) is 31.2 Å². The van der Waals surface area contributed by atoms with E-state index < -0.39 is 11.8 Å². The number of aromatic carboxylic acids is 1. The summed E-state index contributed by atoms with van der Waals surface area (Å²) in [7, 11) is 0. The van der Waals surface area contributed by atoms with Crippen molar-refractivity contribution in [1.29, 1.82) is 0 Å². The third-order valence-corrected chi connectivity index (χ3v) is 8.44. The minimum atomic E-state index is -1.11. The van der Waals surface area contributed by atoms with Crippen LogP contribution in [0.3, 0.4) is 0 Å². The number of hydrogen-bond acceptors (Lipinski definition) is 5. The summed E-state index contributed by atoms with van der Waals surface area (Å²) in [5.74, 6) is -1.77. The van der Waals surface area contributed by atoms with E-state index in [1.54, 1.807) is 22.7 Å². The van der Waals surface area contributed by atoms with Gasteiger partial charge in [-0.05, 0) is 55.5 Å². The van der Waals surface area contributed by atoms with Crippen LogP contribution in [0.5, 0.6) is 0 Å². The van der Waals surface area contributed by atoms with Crippen LogP contribution in [0.2, 0.25) is 0 Å². The number of nitrogens with zero attached hydrogens (tertiary/aromatic N) is 6. The molecule has 10 heteroatoms. The summed E-state index contributed by atoms with van der Waals surface area (Å²) in [4.78, 5) is 31.6. The third kappa shape index (κ3) is 4.18. The molecule has 1 N–H and O–H groups in total. The van der Waals surface area contributed by atoms with Crippen molar-refractivity contribution in [2.24, 2.45) is 0 Å². The second-order valence-corrected chi connectivity index (χ2v) is 11.2. The van der Waals surface area contributed by atoms with Crippen molar-refractivity contribution in [3.63, 3.8) is 0 Å². The van der Waals surface area contributed by atoms with Gasteiger partial charge in [0.05, 0.1) is 34.9 Å². The van der Waals surface area contributed by atoms with Crippen molar-refractivity contribution in [2.45, 2.75) is 44.6 Å². The lowest BCUT2D eigenvalue weighted by molar-refractivity contribution is 0.0668. The largest absolute Gasteiger partial charge is 0.478 e. The summed E-state index contributed by atoms with van der Waals surface area (Å²) in [6.07, 6.45) is 5.27. The molecule has 1 fully saturated rings. The van der Waals surface area contributed by atoms with E-state index in [2.05, 4.69) is 24.2 Å². The first-order chi connectivity index (χ1) is 19.7. The fourth-order valence-electron chi connectivity index (χ4n) is 5.71. The van der Waals surface area contributed by atoms with Gasteiger partial charge in [0.2, 0.25) is 0 Å². The number of benzene rings is 2. The van der Waals surface area contributed by atoms with Gasteiger partial charge in [-0.25, -0.2) is 23.4 Å². The number of aromatic nitrogens is 5. The van der Waals surface area contributed by atoms with Crippen molar-refractivity contribution in [2.75, 3.05) is 6.54 Å². The highest BCUT2D eigenvalue weighted by molar-refractivity contribution is 5.93. The Morgan fingerprint density at radius 3 is 2.63 bits per heavy atom. The Hall–Kier alpha value is -4.86. The van der Waals surface area contributed by atoms with Crippen molar-refractivity contribution in [3.8, 4) is 16.9 Å². The molecule has 1 aliphatic carbocycles. The number of rotatable bonds is 5. The molecular weight excluding hydrogens is 523 g/mol. The van der Waals surface area contributed by atoms with Gasteiger partial charge >= 0.3 is 5.97 Å². The Kier molecular flexibility index (Phi) is 5.57. The topological polar surface area (TPSA) is 106 Å². The van der Waals surface area contributed by atoms with Gasteiger partial charge in [-0.2, -0.15) is 10.2 Å². The molecule has 0 unspecified atom stereocenters. The van der Waals surface area contributed by atoms with Crippen LogP contribution in [-0.2, 0) is 11.8 Å². The van der Waals surface area contributed by atoms with E-state index in [0.29, 0.717) is 29.3 Å². The van der Waals surface area contributed by atoms with Crippen LogP contribution in [-0.4, -0.2) is 52.8 Å². The van der Waals surface area contributed by atoms with E-state index in [-0.39, 0.29) is 28.5 Å². The molecule has 0 radical (unpaired) electrons. The smallest absolute Gasteiger partial charge is 0.338 e. The van der Waals surface area contributed by atoms with E-state index in [4.69, 9.17) is 15.2 Å². The number of hydrogen-bond donors (Lipinski definition) is 1. The number of carboxylic acids is 1. The Morgan fingerprint density at radius 1 is 1.10 bits per heavy atom. The summed E-state index contributed by atoms with van der Waals surface area (Å²) in [6, 6.07) is 16.2. The molecule has 2 aromatic carbocycles. The Bertz CT molecular complexity index is 1870. The summed E-state index contributed by atoms with van der Waals surface area (Å²) in [5.41, 5.74) is 5.08. The zero-order chi connectivity index (χ0) is 28.5. The van der Waals surface area contributed by atoms with E-state index in [1.807, 2.05) is 30.0 Å². The lowest BCUT2D eigenvalue weighted by atomic mass is 9.93. The number of carbonyl (C=O) groups is 2. The van der Waals surface area contributed by atoms with Gasteiger partial charge < -0.3 is 10.0 Å². The molecule has 41 heavy (non-hydrogen) atoms. The number of amides is 1. The Balaban J connectivity index is 1.26. The van der Waals surface area contributed by atoms with Gasteiger partial charge in [0.25, 0.3) is 5.91 Å². The molecule has 5 aromatic rings. The maximum atomic E-state index is 15.4. The summed E-state index contributed by atoms with van der Waals surface area (Å²) < 4.78 is 18.4. The average Bonchev–Trinajstić information content (AvgIpc) is 3.35. The summed E-state index contributed by atoms with van der Waals surface area (Å²) in [6.45, 7) is 4.80. The zero-order valence-electron chi connectivity index (χ0n) is 22.6. The average molecular weight is 551 g/mol. The van der Waals surface area contributed by atoms with Gasteiger partial charge in [0.1, 0.15) is 11.5 Å². The van der Waals surface area contributed by atoms with E-state index in [9.17, 15) is 9.59 Å². The molecule has 0 saturated heterocycles. The highest BCUT2D eigenvalue weighted by Crippen LogP contribution is 2.48. The van der Waals surface area contributed by atoms with Crippen molar-refractivity contribution < 1.29 is 19.1 Å². The first kappa shape index (κ1) is 25.1. The maximum absolute atomic E-state index is 15.4. The predicted octanol–water partition coefficient (Wildman–Crippen LogP) is 5.23. The molecular formula is C31H27FN6O3. The molecule has 0 bridgehead atoms. The monoisotopic (exact) mass is 550 g/mol. The first-order valence-corrected chi connectivity index (χ1v) is 13.6. The molecule has 9 nitrogen and oxygen atoms in total. The quantitative estimate of drug-likeness (QED) is 0.321. The summed E-state index contributed by atoms with van der Waals surface area (Å²) >= 11 is 0. The third-order valence-electron chi connectivity index (χ3n) is 8.44. The van der Waals surface area contributed by atoms with Crippen LogP contribution in [0.4, 0.5) is 4.39 Å². The van der Waals surface area contributed by atoms with E-state index in [1.165, 1.54) is 28.7 Å². The van der Waals surface area contributed by atoms with Gasteiger partial charge in [0.15, 0.2) is 5.65 Å². The maximum Gasteiger partial charge on any atom is 0.338 e. The molecule has 1 saturated carbocycles. The number of carboxylic acid groups (broad SMARTS) is 1. The highest BCUT2D eigenvalue weighted by Gasteiger charge is 2.42. The van der Waals surface area contributed by atoms with Crippen LogP contribution in [0, 0.1) is 5.82 Å². The second kappa shape index (κ2) is 9.09. The standard InChI is InChI=1S/C31H27FN6O3/c1-18-22-6-4-3-5-19(22)9-12-36(18)29(39)26-14-27(31(2)10-11-31)38-28(34-26)15-25(35-38)23-8-7-21(13-24(23)32)37-17-20(16-33-37)30(40)41/h3-8,13-18H,9-12H2,1-2H3,(H,40,41)/t18-/m1/s1. The van der Waals surface area contributed by atoms with Gasteiger partial charge in [-0.3, -0.25) is 4.79 Å². The predicted molar refractivity (Wildman–Crippen MR) is 149 cm³/mol. The minimum Gasteiger partial charge on any atom is -0.478 e. The number of halogens is 1. The van der Waals surface area contributed by atoms with Crippen molar-refractivity contribution in [1.82, 2.24) is 29.3 Å². The Labute approximate surface area is 234 Å². The second-order valence-electron chi connectivity index (χ2n) is 11.2. The molecule has 4 heterocycles. The fraction of sp³-hybridized carbons (Fsp3) is 0.258. The van der Waals surface area contributed by atoms with Crippen LogP contribution in [0.25, 0.3) is 22.6 Å². The van der Waals surface area contributed by atoms with Crippen molar-refractivity contribution >= 4 is 17.5 Å². The lowest BCUT2D eigenvalue weighted by Gasteiger charge is -2.35. The van der Waals surface area contributed by atoms with Crippen LogP contribution >= 0.6 is 0 Å². The van der Waals surface area contributed by atoms with Gasteiger partial charge in [-0.15, -0.1) is 0 Å². The van der Waals surface area contributed by atoms with E-state index in [0.717, 1.165) is 30.5 Å². The molecule has 1 atom stereocenters. The molecule has 206 valence electrons. The minimum absolute atomic E-state index is 0.00974. The highest BCUT2D eigenvalue weighted by atomic mass is 19.1. The fourth-order valence-corrected chi connectivity index (χ4v) is 5.71. The normalized spacial score (nSPS) is 17.4. The Morgan fingerprint density at radius 2 is 1.90 bits per heavy atom. The number of carbonyl (C=O) groups excluding carboxylic acids is 1. The van der Waals surface area contributed by atoms with Crippen molar-refractivity contribution in [3.05, 3.63) is 101 Å².